The molecule has 36 nitrogen and oxygen atoms in total. The van der Waals surface area contributed by atoms with Gasteiger partial charge in [-0.05, 0) is 215 Å². The van der Waals surface area contributed by atoms with Crippen LogP contribution in [-0.4, -0.2) is 211 Å². The third-order valence-corrected chi connectivity index (χ3v) is 19.7. The number of nitrogens with zero attached hydrogens (tertiary/aromatic N) is 1. The first-order valence-corrected chi connectivity index (χ1v) is 42.2. The zero-order valence-electron chi connectivity index (χ0n) is 71.1. The minimum Gasteiger partial charge on any atom is -0.508 e. The molecular weight excluding hydrogens is 1540 g/mol. The predicted octanol–water partition coefficient (Wildman–Crippen LogP) is -0.494. The Morgan fingerprint density at radius 2 is 0.525 bits per heavy atom. The van der Waals surface area contributed by atoms with Crippen molar-refractivity contribution in [2.75, 3.05) is 39.3 Å². The molecule has 3 aromatic rings. The van der Waals surface area contributed by atoms with E-state index in [4.69, 9.17) is 45.9 Å². The first-order valence-electron chi connectivity index (χ1n) is 42.2. The smallest absolute Gasteiger partial charge is 0.326 e. The summed E-state index contributed by atoms with van der Waals surface area (Å²) >= 11 is 0. The van der Waals surface area contributed by atoms with Crippen molar-refractivity contribution in [3.8, 4) is 5.75 Å². The van der Waals surface area contributed by atoms with Gasteiger partial charge in [-0.3, -0.25) is 62.5 Å². The molecule has 0 spiro atoms. The first kappa shape index (κ1) is 104. The third-order valence-electron chi connectivity index (χ3n) is 19.7. The quantitative estimate of drug-likeness (QED) is 0.0193. The average Bonchev–Trinajstić information content (AvgIpc) is 0.841. The molecule has 0 saturated heterocycles. The Balaban J connectivity index is 2.06. The normalized spacial score (nSPS) is 14.5. The van der Waals surface area contributed by atoms with Crippen LogP contribution in [0.25, 0.3) is 0 Å². The lowest BCUT2D eigenvalue weighted by atomic mass is 9.99. The Bertz CT molecular complexity index is 3670. The molecule has 0 aromatic heterocycles. The molecule has 670 valence electrons. The summed E-state index contributed by atoms with van der Waals surface area (Å²) in [5, 5.41) is 53.4. The van der Waals surface area contributed by atoms with Crippen molar-refractivity contribution in [1.82, 2.24) is 63.8 Å². The molecule has 0 aliphatic rings. The largest absolute Gasteiger partial charge is 0.508 e. The molecule has 0 saturated carbocycles. The van der Waals surface area contributed by atoms with E-state index >= 15 is 9.59 Å². The molecular formula is C84H139N21O15. The third kappa shape index (κ3) is 41.5. The van der Waals surface area contributed by atoms with E-state index in [1.165, 1.54) is 19.1 Å². The molecule has 0 radical (unpaired) electrons. The number of guanidine groups is 1. The second-order valence-electron chi connectivity index (χ2n) is 31.9. The van der Waals surface area contributed by atoms with Crippen molar-refractivity contribution in [3.63, 3.8) is 0 Å². The van der Waals surface area contributed by atoms with E-state index in [0.717, 1.165) is 0 Å². The van der Waals surface area contributed by atoms with E-state index in [-0.39, 0.29) is 152 Å². The maximum absolute atomic E-state index is 15.1. The maximum atomic E-state index is 15.1. The number of carbonyl (C=O) groups is 13. The van der Waals surface area contributed by atoms with Gasteiger partial charge in [-0.15, -0.1) is 0 Å². The second-order valence-corrected chi connectivity index (χ2v) is 31.9. The monoisotopic (exact) mass is 1680 g/mol. The van der Waals surface area contributed by atoms with Gasteiger partial charge in [0.15, 0.2) is 5.96 Å². The van der Waals surface area contributed by atoms with Crippen molar-refractivity contribution in [1.29, 1.82) is 0 Å². The zero-order valence-corrected chi connectivity index (χ0v) is 71.1. The van der Waals surface area contributed by atoms with Crippen LogP contribution >= 0.6 is 0 Å². The number of hydrogen-bond donors (Lipinski definition) is 22. The summed E-state index contributed by atoms with van der Waals surface area (Å²) in [6.45, 7) is 13.5. The summed E-state index contributed by atoms with van der Waals surface area (Å²) in [4.78, 5) is 191. The van der Waals surface area contributed by atoms with E-state index in [9.17, 15) is 63.0 Å². The number of nitrogens with two attached hydrogens (primary N) is 8. The zero-order chi connectivity index (χ0) is 89.2. The highest BCUT2D eigenvalue weighted by Crippen LogP contribution is 2.18. The van der Waals surface area contributed by atoms with Crippen molar-refractivity contribution in [3.05, 3.63) is 102 Å². The number of benzene rings is 3. The SMILES string of the molecule is CC(C)C[C@H](NC(=O)[C@H](C)N)C(=O)N[C@@H](Cc1ccc(O)cc1)C(=O)N[C@@H](CCCCN)C(=O)N[C@@H](CCCN=C(N)N)C(=O)N[C@@H](CC(C)C)C(=O)N[C@@H](Cc1ccccc1)C(=O)N[C@@H](CCCCN)C(=O)N[C@@H](CCCCN)C(=O)N[C@@H](CC(C)C)C(=O)N[C@@H](CCCCN)C(=O)N[C@@H](CCCCN)C(=O)N[C@@H](Cc1ccccc1)C(=O)O. The molecule has 3 aromatic carbocycles. The molecule has 0 aliphatic heterocycles. The second kappa shape index (κ2) is 57.7. The van der Waals surface area contributed by atoms with Crippen molar-refractivity contribution >= 4 is 82.8 Å². The van der Waals surface area contributed by atoms with Crippen LogP contribution in [0.15, 0.2) is 89.9 Å². The number of carbonyl (C=O) groups excluding carboxylic acids is 12. The van der Waals surface area contributed by atoms with Gasteiger partial charge in [0.05, 0.1) is 6.04 Å². The van der Waals surface area contributed by atoms with Crippen molar-refractivity contribution < 1.29 is 72.5 Å². The van der Waals surface area contributed by atoms with Gasteiger partial charge in [0.1, 0.15) is 78.3 Å². The Morgan fingerprint density at radius 1 is 0.300 bits per heavy atom. The summed E-state index contributed by atoms with van der Waals surface area (Å²) in [7, 11) is 0. The Kier molecular flexibility index (Phi) is 49.9. The first-order chi connectivity index (χ1) is 57.1. The van der Waals surface area contributed by atoms with Crippen LogP contribution in [-0.2, 0) is 81.6 Å². The summed E-state index contributed by atoms with van der Waals surface area (Å²) in [6, 6.07) is 6.17. The number of aliphatic carboxylic acids is 1. The number of aromatic hydroxyl groups is 1. The lowest BCUT2D eigenvalue weighted by Gasteiger charge is -2.29. The van der Waals surface area contributed by atoms with E-state index < -0.39 is 155 Å². The van der Waals surface area contributed by atoms with E-state index in [0.29, 0.717) is 80.9 Å². The van der Waals surface area contributed by atoms with Crippen LogP contribution in [0.3, 0.4) is 0 Å². The van der Waals surface area contributed by atoms with Crippen LogP contribution in [0.2, 0.25) is 0 Å². The minimum absolute atomic E-state index is 0.00164. The average molecular weight is 1680 g/mol. The summed E-state index contributed by atoms with van der Waals surface area (Å²) < 4.78 is 0. The highest BCUT2D eigenvalue weighted by atomic mass is 16.4. The highest BCUT2D eigenvalue weighted by Gasteiger charge is 2.38. The van der Waals surface area contributed by atoms with Crippen LogP contribution in [0.4, 0.5) is 0 Å². The Hall–Kier alpha value is -10.4. The maximum Gasteiger partial charge on any atom is 0.326 e. The van der Waals surface area contributed by atoms with Crippen LogP contribution in [0.5, 0.6) is 5.75 Å². The standard InChI is InChI=1S/C84H139N21O15/c1-51(2)45-65(100-71(107)54(7)90)79(115)104-69(49-57-35-37-58(106)38-36-57)82(118)99-61(31-16-21-41-87)74(110)96-64(34-24-44-93-84(91)92)76(112)102-67(47-53(5)6)80(116)103-68(48-55-25-10-8-11-26-55)81(117)98-60(30-15-20-40-86)73(109)94-62(32-17-22-42-88)75(111)101-66(46-52(3)4)78(114)97-59(29-14-19-39-85)72(108)95-63(33-18-23-43-89)77(113)105-70(83(119)120)50-56-27-12-9-13-28-56/h8-13,25-28,35-38,51-54,59-70,106H,14-24,29-34,39-50,85-90H2,1-7H3,(H,94,109)(H,95,108)(H,96,110)(H,97,114)(H,98,117)(H,99,118)(H,100,107)(H,101,111)(H,102,112)(H,103,116)(H,104,115)(H,105,113)(H,119,120)(H4,91,92,93)/t54-,59-,60-,61-,62-,63-,64-,65-,66-,67-,68-,69-,70-/m0/s1. The van der Waals surface area contributed by atoms with Gasteiger partial charge in [0.25, 0.3) is 0 Å². The van der Waals surface area contributed by atoms with Gasteiger partial charge in [-0.25, -0.2) is 4.79 Å². The molecule has 0 unspecified atom stereocenters. The highest BCUT2D eigenvalue weighted by molar-refractivity contribution is 6.00. The molecule has 0 aliphatic carbocycles. The number of rotatable bonds is 61. The summed E-state index contributed by atoms with van der Waals surface area (Å²) in [6.07, 6.45) is 3.75. The van der Waals surface area contributed by atoms with Gasteiger partial charge in [0.2, 0.25) is 70.9 Å². The van der Waals surface area contributed by atoms with Crippen molar-refractivity contribution in [2.24, 2.45) is 68.6 Å². The number of aliphatic imine (C=N–C) groups is 1. The number of hydrogen-bond acceptors (Lipinski definition) is 21. The Morgan fingerprint density at radius 3 is 0.783 bits per heavy atom. The van der Waals surface area contributed by atoms with Crippen molar-refractivity contribution in [2.45, 2.75) is 275 Å². The van der Waals surface area contributed by atoms with Crippen LogP contribution in [0, 0.1) is 17.8 Å². The minimum atomic E-state index is -1.45. The fourth-order valence-electron chi connectivity index (χ4n) is 13.2. The number of carboxylic acids is 1. The molecule has 0 fully saturated rings. The molecule has 0 heterocycles. The van der Waals surface area contributed by atoms with E-state index in [1.807, 2.05) is 27.7 Å². The summed E-state index contributed by atoms with van der Waals surface area (Å²) in [5.74, 6) is -11.6. The number of carboxylic acid groups (broad SMARTS) is 1. The molecule has 30 N–H and O–H groups in total. The molecule has 13 atom stereocenters. The van der Waals surface area contributed by atoms with E-state index in [2.05, 4.69) is 68.8 Å². The Labute approximate surface area is 706 Å². The number of amides is 12. The number of nitrogens with one attached hydrogen (secondary N) is 12. The topological polar surface area (TPSA) is 627 Å². The number of phenolic OH excluding ortho intramolecular Hbond substituents is 1. The molecule has 3 rings (SSSR count). The van der Waals surface area contributed by atoms with Gasteiger partial charge in [-0.1, -0.05) is 114 Å². The fraction of sp³-hybridized carbons (Fsp3) is 0.619. The van der Waals surface area contributed by atoms with Gasteiger partial charge < -0.3 is 120 Å². The lowest BCUT2D eigenvalue weighted by Crippen LogP contribution is -2.61. The van der Waals surface area contributed by atoms with Gasteiger partial charge in [0, 0.05) is 25.8 Å². The van der Waals surface area contributed by atoms with Crippen LogP contribution < -0.4 is 110 Å². The predicted molar refractivity (Wildman–Crippen MR) is 459 cm³/mol. The van der Waals surface area contributed by atoms with Gasteiger partial charge >= 0.3 is 5.97 Å². The van der Waals surface area contributed by atoms with Crippen LogP contribution in [0.1, 0.15) is 194 Å². The lowest BCUT2D eigenvalue weighted by molar-refractivity contribution is -0.142. The molecule has 0 bridgehead atoms. The fourth-order valence-corrected chi connectivity index (χ4v) is 13.2. The molecule has 12 amide bonds. The number of phenols is 1. The molecule has 120 heavy (non-hydrogen) atoms. The summed E-state index contributed by atoms with van der Waals surface area (Å²) in [5.41, 5.74) is 48.4. The van der Waals surface area contributed by atoms with E-state index in [1.54, 1.807) is 86.6 Å². The number of unbranched alkanes of at least 4 members (excludes halogenated alkanes) is 5. The van der Waals surface area contributed by atoms with Gasteiger partial charge in [-0.2, -0.15) is 0 Å². The molecule has 36 heteroatoms.